The summed E-state index contributed by atoms with van der Waals surface area (Å²) in [7, 11) is 0. The lowest BCUT2D eigenvalue weighted by Gasteiger charge is -2.00. The van der Waals surface area contributed by atoms with Crippen molar-refractivity contribution in [2.45, 2.75) is 13.3 Å². The van der Waals surface area contributed by atoms with Gasteiger partial charge in [0.2, 0.25) is 0 Å². The van der Waals surface area contributed by atoms with Crippen LogP contribution in [-0.2, 0) is 6.42 Å². The molecule has 0 atom stereocenters. The van der Waals surface area contributed by atoms with Gasteiger partial charge in [-0.05, 0) is 46.3 Å². The lowest BCUT2D eigenvalue weighted by molar-refractivity contribution is -0.391. The first-order chi connectivity index (χ1) is 12.1. The molecule has 25 heavy (non-hydrogen) atoms. The molecule has 0 fully saturated rings. The number of hydrogen-bond acceptors (Lipinski definition) is 5. The van der Waals surface area contributed by atoms with Crippen LogP contribution in [0.1, 0.15) is 11.1 Å². The molecule has 0 saturated heterocycles. The number of aromatic nitrogens is 3. The van der Waals surface area contributed by atoms with Crippen LogP contribution in [0, 0.1) is 17.0 Å². The van der Waals surface area contributed by atoms with Crippen LogP contribution >= 0.6 is 0 Å². The minimum atomic E-state index is -0.652. The molecule has 0 amide bonds. The molecule has 0 spiro atoms. The normalized spacial score (nSPS) is 11.6. The van der Waals surface area contributed by atoms with Gasteiger partial charge in [-0.2, -0.15) is 0 Å². The number of nitro groups is 1. The first-order valence-electron chi connectivity index (χ1n) is 7.74. The van der Waals surface area contributed by atoms with E-state index in [1.54, 1.807) is 18.2 Å². The maximum absolute atomic E-state index is 11.3. The Bertz CT molecular complexity index is 960. The Balaban J connectivity index is 1.97. The Labute approximate surface area is 143 Å². The lowest BCUT2D eigenvalue weighted by atomic mass is 10.2. The standard InChI is InChI=1S/C17H17N5O3/c1-13-6-5-9-15(12-13)20-19-17(22(24)25)16(21(20)23)18-11-10-14-7-3-2-4-8-14/h2-9,12,23H,10-11H2,1H3. The van der Waals surface area contributed by atoms with Gasteiger partial charge in [-0.25, -0.2) is 0 Å². The van der Waals surface area contributed by atoms with Crippen LogP contribution in [0.15, 0.2) is 59.6 Å². The Hall–Kier alpha value is -3.42. The van der Waals surface area contributed by atoms with Crippen LogP contribution in [-0.4, -0.2) is 31.4 Å². The van der Waals surface area contributed by atoms with Gasteiger partial charge in [0.05, 0.1) is 5.10 Å². The van der Waals surface area contributed by atoms with Crippen molar-refractivity contribution in [3.8, 4) is 5.69 Å². The van der Waals surface area contributed by atoms with Crippen molar-refractivity contribution in [3.63, 3.8) is 0 Å². The average Bonchev–Trinajstić information content (AvgIpc) is 2.93. The fraction of sp³-hybridized carbons (Fsp3) is 0.176. The summed E-state index contributed by atoms with van der Waals surface area (Å²) in [4.78, 5) is 16.5. The van der Waals surface area contributed by atoms with E-state index in [0.717, 1.165) is 15.9 Å². The summed E-state index contributed by atoms with van der Waals surface area (Å²) >= 11 is 0. The van der Waals surface area contributed by atoms with Gasteiger partial charge in [0.1, 0.15) is 5.69 Å². The first-order valence-corrected chi connectivity index (χ1v) is 7.74. The fourth-order valence-corrected chi connectivity index (χ4v) is 2.46. The predicted molar refractivity (Wildman–Crippen MR) is 90.7 cm³/mol. The minimum absolute atomic E-state index is 0.178. The van der Waals surface area contributed by atoms with Gasteiger partial charge in [0, 0.05) is 6.54 Å². The Kier molecular flexibility index (Phi) is 4.60. The monoisotopic (exact) mass is 339 g/mol. The lowest BCUT2D eigenvalue weighted by Crippen LogP contribution is -2.23. The first kappa shape index (κ1) is 16.4. The zero-order chi connectivity index (χ0) is 17.8. The molecule has 2 aromatic carbocycles. The molecule has 0 aliphatic carbocycles. The SMILES string of the molecule is Cc1cccc(-n2nc([N+](=O)[O-])c(=NCCc3ccccc3)n2O)c1. The molecule has 8 heteroatoms. The highest BCUT2D eigenvalue weighted by atomic mass is 16.6. The molecular formula is C17H17N5O3. The average molecular weight is 339 g/mol. The Morgan fingerprint density at radius 1 is 1.20 bits per heavy atom. The van der Waals surface area contributed by atoms with E-state index in [1.807, 2.05) is 43.3 Å². The van der Waals surface area contributed by atoms with E-state index in [2.05, 4.69) is 10.1 Å². The van der Waals surface area contributed by atoms with Crippen LogP contribution in [0.2, 0.25) is 0 Å². The van der Waals surface area contributed by atoms with Crippen LogP contribution < -0.4 is 5.49 Å². The molecule has 0 bridgehead atoms. The predicted octanol–water partition coefficient (Wildman–Crippen LogP) is 2.27. The van der Waals surface area contributed by atoms with Gasteiger partial charge in [-0.3, -0.25) is 4.99 Å². The van der Waals surface area contributed by atoms with E-state index in [1.165, 1.54) is 0 Å². The van der Waals surface area contributed by atoms with E-state index >= 15 is 0 Å². The number of rotatable bonds is 5. The summed E-state index contributed by atoms with van der Waals surface area (Å²) < 4.78 is 0. The molecule has 1 heterocycles. The zero-order valence-corrected chi connectivity index (χ0v) is 13.6. The number of benzene rings is 2. The minimum Gasteiger partial charge on any atom is -0.409 e. The molecule has 0 aliphatic heterocycles. The zero-order valence-electron chi connectivity index (χ0n) is 13.6. The molecule has 1 N–H and O–H groups in total. The second-order valence-electron chi connectivity index (χ2n) is 5.54. The third-order valence-corrected chi connectivity index (χ3v) is 3.67. The van der Waals surface area contributed by atoms with E-state index in [9.17, 15) is 15.3 Å². The molecule has 0 unspecified atom stereocenters. The van der Waals surface area contributed by atoms with Crippen LogP contribution in [0.4, 0.5) is 5.82 Å². The smallest absolute Gasteiger partial charge is 0.409 e. The van der Waals surface area contributed by atoms with Crippen LogP contribution in [0.3, 0.4) is 0 Å². The van der Waals surface area contributed by atoms with E-state index < -0.39 is 10.7 Å². The number of aryl methyl sites for hydroxylation is 1. The molecule has 3 aromatic rings. The molecule has 1 aromatic heterocycles. The highest BCUT2D eigenvalue weighted by Crippen LogP contribution is 2.10. The van der Waals surface area contributed by atoms with Gasteiger partial charge < -0.3 is 15.3 Å². The molecular weight excluding hydrogens is 322 g/mol. The summed E-state index contributed by atoms with van der Waals surface area (Å²) in [6.45, 7) is 2.18. The van der Waals surface area contributed by atoms with Crippen molar-refractivity contribution in [2.75, 3.05) is 6.54 Å². The van der Waals surface area contributed by atoms with Crippen molar-refractivity contribution in [3.05, 3.63) is 81.3 Å². The highest BCUT2D eigenvalue weighted by Gasteiger charge is 2.23. The van der Waals surface area contributed by atoms with Crippen molar-refractivity contribution in [1.82, 2.24) is 14.7 Å². The van der Waals surface area contributed by atoms with Crippen molar-refractivity contribution in [2.24, 2.45) is 4.99 Å². The number of nitrogens with zero attached hydrogens (tertiary/aromatic N) is 5. The van der Waals surface area contributed by atoms with Gasteiger partial charge in [0.15, 0.2) is 0 Å². The van der Waals surface area contributed by atoms with E-state index in [0.29, 0.717) is 23.5 Å². The number of hydrogen-bond donors (Lipinski definition) is 1. The Morgan fingerprint density at radius 3 is 2.64 bits per heavy atom. The molecule has 3 rings (SSSR count). The van der Waals surface area contributed by atoms with Gasteiger partial charge in [0.25, 0.3) is 5.49 Å². The summed E-state index contributed by atoms with van der Waals surface area (Å²) in [6, 6.07) is 16.8. The Morgan fingerprint density at radius 2 is 1.96 bits per heavy atom. The van der Waals surface area contributed by atoms with Crippen molar-refractivity contribution >= 4 is 5.82 Å². The van der Waals surface area contributed by atoms with Crippen LogP contribution in [0.25, 0.3) is 5.69 Å². The van der Waals surface area contributed by atoms with Gasteiger partial charge in [-0.1, -0.05) is 47.3 Å². The van der Waals surface area contributed by atoms with Gasteiger partial charge in [-0.15, -0.1) is 0 Å². The summed E-state index contributed by atoms with van der Waals surface area (Å²) in [5, 5.41) is 25.5. The molecule has 0 aliphatic rings. The second-order valence-corrected chi connectivity index (χ2v) is 5.54. The summed E-state index contributed by atoms with van der Waals surface area (Å²) in [5.74, 6) is -0.489. The topological polar surface area (TPSA) is 98.5 Å². The fourth-order valence-electron chi connectivity index (χ4n) is 2.46. The molecule has 0 radical (unpaired) electrons. The van der Waals surface area contributed by atoms with Gasteiger partial charge >= 0.3 is 5.82 Å². The highest BCUT2D eigenvalue weighted by molar-refractivity contribution is 5.34. The van der Waals surface area contributed by atoms with E-state index in [4.69, 9.17) is 0 Å². The largest absolute Gasteiger partial charge is 0.438 e. The van der Waals surface area contributed by atoms with Crippen molar-refractivity contribution < 1.29 is 10.1 Å². The third kappa shape index (κ3) is 3.57. The molecule has 128 valence electrons. The van der Waals surface area contributed by atoms with Crippen LogP contribution in [0.5, 0.6) is 0 Å². The second kappa shape index (κ2) is 7.00. The maximum atomic E-state index is 11.3. The van der Waals surface area contributed by atoms with E-state index in [-0.39, 0.29) is 5.49 Å². The molecule has 8 nitrogen and oxygen atoms in total. The summed E-state index contributed by atoms with van der Waals surface area (Å²) in [5.41, 5.74) is 2.33. The molecule has 0 saturated carbocycles. The maximum Gasteiger partial charge on any atom is 0.438 e. The van der Waals surface area contributed by atoms with Crippen molar-refractivity contribution in [1.29, 1.82) is 0 Å². The summed E-state index contributed by atoms with van der Waals surface area (Å²) in [6.07, 6.45) is 0.605. The quantitative estimate of drug-likeness (QED) is 0.438. The third-order valence-electron chi connectivity index (χ3n) is 3.67.